The fourth-order valence-corrected chi connectivity index (χ4v) is 5.17. The molecule has 0 spiro atoms. The minimum atomic E-state index is 0.0476. The number of halogens is 1. The van der Waals surface area contributed by atoms with Gasteiger partial charge in [-0.15, -0.1) is 0 Å². The SMILES string of the molecule is CN(C)Cc1ccc(Nc2c(C(=O)C3CCCC3)cnc3ccc(-c4ccc(O)c(Cl)c4)cc23)cc1. The van der Waals surface area contributed by atoms with Gasteiger partial charge in [0.1, 0.15) is 5.75 Å². The van der Waals surface area contributed by atoms with Crippen molar-refractivity contribution in [1.82, 2.24) is 9.88 Å². The second kappa shape index (κ2) is 10.3. The highest BCUT2D eigenvalue weighted by molar-refractivity contribution is 6.32. The van der Waals surface area contributed by atoms with Crippen molar-refractivity contribution in [3.63, 3.8) is 0 Å². The minimum absolute atomic E-state index is 0.0476. The lowest BCUT2D eigenvalue weighted by Crippen LogP contribution is -2.14. The van der Waals surface area contributed by atoms with Crippen molar-refractivity contribution in [1.29, 1.82) is 0 Å². The average Bonchev–Trinajstić information content (AvgIpc) is 3.41. The second-order valence-corrected chi connectivity index (χ2v) is 10.3. The number of fused-ring (bicyclic) bond motifs is 1. The van der Waals surface area contributed by atoms with Gasteiger partial charge in [-0.05, 0) is 80.0 Å². The Bertz CT molecular complexity index is 1410. The van der Waals surface area contributed by atoms with Gasteiger partial charge in [0.05, 0.1) is 21.8 Å². The highest BCUT2D eigenvalue weighted by Crippen LogP contribution is 2.37. The van der Waals surface area contributed by atoms with Crippen LogP contribution in [0, 0.1) is 5.92 Å². The summed E-state index contributed by atoms with van der Waals surface area (Å²) in [6, 6.07) is 19.5. The zero-order valence-electron chi connectivity index (χ0n) is 20.6. The summed E-state index contributed by atoms with van der Waals surface area (Å²) in [5.41, 5.74) is 6.17. The number of nitrogens with zero attached hydrogens (tertiary/aromatic N) is 2. The molecule has 36 heavy (non-hydrogen) atoms. The normalized spacial score (nSPS) is 14.0. The number of pyridine rings is 1. The number of phenols is 1. The van der Waals surface area contributed by atoms with Gasteiger partial charge < -0.3 is 15.3 Å². The molecular formula is C30H30ClN3O2. The van der Waals surface area contributed by atoms with Gasteiger partial charge in [0.15, 0.2) is 5.78 Å². The van der Waals surface area contributed by atoms with Crippen LogP contribution in [-0.2, 0) is 6.54 Å². The quantitative estimate of drug-likeness (QED) is 0.259. The molecule has 0 atom stereocenters. The smallest absolute Gasteiger partial charge is 0.169 e. The Hall–Kier alpha value is -3.41. The Balaban J connectivity index is 1.61. The van der Waals surface area contributed by atoms with Crippen LogP contribution in [0.5, 0.6) is 5.75 Å². The molecule has 5 nitrogen and oxygen atoms in total. The minimum Gasteiger partial charge on any atom is -0.506 e. The van der Waals surface area contributed by atoms with Gasteiger partial charge in [-0.1, -0.05) is 48.7 Å². The molecule has 1 aromatic heterocycles. The van der Waals surface area contributed by atoms with Gasteiger partial charge in [-0.25, -0.2) is 0 Å². The Morgan fingerprint density at radius 3 is 2.42 bits per heavy atom. The van der Waals surface area contributed by atoms with Gasteiger partial charge in [-0.3, -0.25) is 9.78 Å². The van der Waals surface area contributed by atoms with Crippen molar-refractivity contribution >= 4 is 39.7 Å². The molecule has 5 rings (SSSR count). The van der Waals surface area contributed by atoms with Crippen LogP contribution in [0.15, 0.2) is 66.9 Å². The van der Waals surface area contributed by atoms with E-state index in [1.807, 2.05) is 24.3 Å². The number of anilines is 2. The molecule has 6 heteroatoms. The third kappa shape index (κ3) is 5.08. The van der Waals surface area contributed by atoms with Gasteiger partial charge in [0, 0.05) is 29.7 Å². The van der Waals surface area contributed by atoms with Crippen molar-refractivity contribution in [2.75, 3.05) is 19.4 Å². The number of aromatic nitrogens is 1. The van der Waals surface area contributed by atoms with Crippen molar-refractivity contribution in [2.45, 2.75) is 32.2 Å². The first-order valence-electron chi connectivity index (χ1n) is 12.4. The van der Waals surface area contributed by atoms with Crippen molar-refractivity contribution in [3.05, 3.63) is 83.0 Å². The van der Waals surface area contributed by atoms with Crippen LogP contribution in [0.1, 0.15) is 41.6 Å². The van der Waals surface area contributed by atoms with Crippen LogP contribution in [0.2, 0.25) is 5.02 Å². The molecule has 184 valence electrons. The molecule has 1 fully saturated rings. The van der Waals surface area contributed by atoms with E-state index in [0.29, 0.717) is 10.6 Å². The topological polar surface area (TPSA) is 65.5 Å². The summed E-state index contributed by atoms with van der Waals surface area (Å²) in [6.45, 7) is 0.864. The number of nitrogens with one attached hydrogen (secondary N) is 1. The molecule has 0 amide bonds. The third-order valence-electron chi connectivity index (χ3n) is 6.86. The van der Waals surface area contributed by atoms with E-state index in [2.05, 4.69) is 53.6 Å². The molecule has 3 aromatic carbocycles. The molecule has 0 aliphatic heterocycles. The van der Waals surface area contributed by atoms with Gasteiger partial charge in [-0.2, -0.15) is 0 Å². The summed E-state index contributed by atoms with van der Waals surface area (Å²) >= 11 is 6.18. The largest absolute Gasteiger partial charge is 0.506 e. The number of carbonyl (C=O) groups is 1. The van der Waals surface area contributed by atoms with E-state index in [1.54, 1.807) is 18.3 Å². The number of Topliss-reactive ketones (excluding diaryl/α,β-unsaturated/α-hetero) is 1. The number of hydrogen-bond donors (Lipinski definition) is 2. The predicted molar refractivity (Wildman–Crippen MR) is 147 cm³/mol. The number of phenolic OH excluding ortho intramolecular Hbond substituents is 1. The van der Waals surface area contributed by atoms with Crippen LogP contribution in [0.25, 0.3) is 22.0 Å². The molecule has 1 aliphatic rings. The van der Waals surface area contributed by atoms with Gasteiger partial charge in [0.25, 0.3) is 0 Å². The maximum absolute atomic E-state index is 13.6. The summed E-state index contributed by atoms with van der Waals surface area (Å²) in [4.78, 5) is 20.4. The number of ketones is 1. The third-order valence-corrected chi connectivity index (χ3v) is 7.17. The molecule has 1 aliphatic carbocycles. The maximum atomic E-state index is 13.6. The lowest BCUT2D eigenvalue weighted by Gasteiger charge is -2.18. The molecule has 0 unspecified atom stereocenters. The number of hydrogen-bond acceptors (Lipinski definition) is 5. The molecule has 2 N–H and O–H groups in total. The first-order chi connectivity index (χ1) is 17.4. The Labute approximate surface area is 216 Å². The van der Waals surface area contributed by atoms with Crippen LogP contribution in [-0.4, -0.2) is 34.9 Å². The van der Waals surface area contributed by atoms with E-state index in [4.69, 9.17) is 11.6 Å². The number of aromatic hydroxyl groups is 1. The zero-order valence-corrected chi connectivity index (χ0v) is 21.3. The van der Waals surface area contributed by atoms with E-state index in [1.165, 1.54) is 5.56 Å². The summed E-state index contributed by atoms with van der Waals surface area (Å²) in [5.74, 6) is 0.255. The molecular weight excluding hydrogens is 470 g/mol. The average molecular weight is 500 g/mol. The fraction of sp³-hybridized carbons (Fsp3) is 0.267. The molecule has 0 saturated heterocycles. The summed E-state index contributed by atoms with van der Waals surface area (Å²) in [7, 11) is 4.10. The zero-order chi connectivity index (χ0) is 25.2. The van der Waals surface area contributed by atoms with Crippen LogP contribution in [0.3, 0.4) is 0 Å². The van der Waals surface area contributed by atoms with Crippen molar-refractivity contribution in [2.24, 2.45) is 5.92 Å². The number of rotatable bonds is 7. The second-order valence-electron chi connectivity index (χ2n) is 9.85. The summed E-state index contributed by atoms with van der Waals surface area (Å²) in [5, 5.41) is 14.6. The first-order valence-corrected chi connectivity index (χ1v) is 12.7. The van der Waals surface area contributed by atoms with E-state index >= 15 is 0 Å². The highest BCUT2D eigenvalue weighted by atomic mass is 35.5. The standard InChI is InChI=1S/C30H30ClN3O2/c1-34(2)18-19-7-11-23(12-8-19)33-29-24-15-21(22-10-14-28(35)26(31)16-22)9-13-27(24)32-17-25(29)30(36)20-5-3-4-6-20/h7-17,20,35H,3-6,18H2,1-2H3,(H,32,33). The molecule has 0 radical (unpaired) electrons. The van der Waals surface area contributed by atoms with Gasteiger partial charge >= 0.3 is 0 Å². The van der Waals surface area contributed by atoms with Crippen LogP contribution >= 0.6 is 11.6 Å². The Morgan fingerprint density at radius 2 is 1.72 bits per heavy atom. The number of carbonyl (C=O) groups excluding carboxylic acids is 1. The number of benzene rings is 3. The van der Waals surface area contributed by atoms with Gasteiger partial charge in [0.2, 0.25) is 0 Å². The lowest BCUT2D eigenvalue weighted by molar-refractivity contribution is 0.0923. The molecule has 4 aromatic rings. The van der Waals surface area contributed by atoms with Crippen molar-refractivity contribution < 1.29 is 9.90 Å². The monoisotopic (exact) mass is 499 g/mol. The van der Waals surface area contributed by atoms with E-state index < -0.39 is 0 Å². The molecule has 0 bridgehead atoms. The summed E-state index contributed by atoms with van der Waals surface area (Å²) in [6.07, 6.45) is 5.78. The Kier molecular flexibility index (Phi) is 6.95. The lowest BCUT2D eigenvalue weighted by atomic mass is 9.93. The Morgan fingerprint density at radius 1 is 1.03 bits per heavy atom. The van der Waals surface area contributed by atoms with E-state index in [9.17, 15) is 9.90 Å². The highest BCUT2D eigenvalue weighted by Gasteiger charge is 2.27. The van der Waals surface area contributed by atoms with Crippen molar-refractivity contribution in [3.8, 4) is 16.9 Å². The maximum Gasteiger partial charge on any atom is 0.169 e. The molecule has 1 saturated carbocycles. The van der Waals surface area contributed by atoms with E-state index in [0.717, 1.165) is 65.6 Å². The predicted octanol–water partition coefficient (Wildman–Crippen LogP) is 7.44. The molecule has 1 heterocycles. The fourth-order valence-electron chi connectivity index (χ4n) is 4.99. The van der Waals surface area contributed by atoms with Crippen LogP contribution in [0.4, 0.5) is 11.4 Å². The first kappa shape index (κ1) is 24.3. The summed E-state index contributed by atoms with van der Waals surface area (Å²) < 4.78 is 0. The van der Waals surface area contributed by atoms with Crippen LogP contribution < -0.4 is 5.32 Å². The van der Waals surface area contributed by atoms with E-state index in [-0.39, 0.29) is 17.5 Å².